The smallest absolute Gasteiger partial charge is 0.123 e. The third-order valence-electron chi connectivity index (χ3n) is 6.25. The van der Waals surface area contributed by atoms with Crippen LogP contribution in [-0.4, -0.2) is 5.84 Å². The quantitative estimate of drug-likeness (QED) is 0.181. The van der Waals surface area contributed by atoms with Gasteiger partial charge in [-0.15, -0.1) is 0 Å². The van der Waals surface area contributed by atoms with Crippen molar-refractivity contribution in [1.82, 2.24) is 0 Å². The lowest BCUT2D eigenvalue weighted by molar-refractivity contribution is 1.43. The summed E-state index contributed by atoms with van der Waals surface area (Å²) in [6, 6.07) is 36.1. The summed E-state index contributed by atoms with van der Waals surface area (Å²) in [4.78, 5) is 0. The molecule has 0 aromatic heterocycles. The Morgan fingerprint density at radius 2 is 1.03 bits per heavy atom. The first-order valence-corrected chi connectivity index (χ1v) is 10.4. The zero-order chi connectivity index (χ0) is 20.9. The predicted molar refractivity (Wildman–Crippen MR) is 133 cm³/mol. The standard InChI is InChI=1S/C29H20N2/c30-29(31)26-16-13-18-7-1-2-8-20(18)28(26)19-14-15-25-23-11-4-3-9-21(23)22-10-5-6-12-24(22)27(25)17-19/h1-17H,(H3,30,31). The Morgan fingerprint density at radius 3 is 1.65 bits per heavy atom. The molecule has 0 aliphatic rings. The second-order valence-electron chi connectivity index (χ2n) is 7.97. The highest BCUT2D eigenvalue weighted by molar-refractivity contribution is 6.26. The zero-order valence-electron chi connectivity index (χ0n) is 16.9. The SMILES string of the molecule is N=C(N)c1ccc2ccccc2c1-c1ccc2c3ccccc3c3ccccc3c2c1. The molecule has 0 unspecified atom stereocenters. The van der Waals surface area contributed by atoms with Gasteiger partial charge >= 0.3 is 0 Å². The maximum atomic E-state index is 8.18. The molecule has 31 heavy (non-hydrogen) atoms. The van der Waals surface area contributed by atoms with E-state index in [1.165, 1.54) is 32.3 Å². The van der Waals surface area contributed by atoms with Gasteiger partial charge in [0.15, 0.2) is 0 Å². The van der Waals surface area contributed by atoms with Crippen LogP contribution in [0.2, 0.25) is 0 Å². The highest BCUT2D eigenvalue weighted by Gasteiger charge is 2.14. The summed E-state index contributed by atoms with van der Waals surface area (Å²) < 4.78 is 0. The molecule has 0 heterocycles. The Balaban J connectivity index is 1.78. The van der Waals surface area contributed by atoms with Gasteiger partial charge in [0.25, 0.3) is 0 Å². The monoisotopic (exact) mass is 396 g/mol. The van der Waals surface area contributed by atoms with Crippen LogP contribution in [0.25, 0.3) is 54.2 Å². The molecule has 0 spiro atoms. The largest absolute Gasteiger partial charge is 0.384 e. The fraction of sp³-hybridized carbons (Fsp3) is 0. The first kappa shape index (κ1) is 17.7. The maximum absolute atomic E-state index is 8.18. The molecule has 6 aromatic carbocycles. The van der Waals surface area contributed by atoms with Gasteiger partial charge < -0.3 is 5.73 Å². The summed E-state index contributed by atoms with van der Waals surface area (Å²) in [5.41, 5.74) is 8.87. The minimum atomic E-state index is 0.0872. The number of hydrogen-bond acceptors (Lipinski definition) is 1. The molecule has 2 nitrogen and oxygen atoms in total. The molecule has 6 rings (SSSR count). The van der Waals surface area contributed by atoms with Gasteiger partial charge in [-0.25, -0.2) is 0 Å². The minimum Gasteiger partial charge on any atom is -0.384 e. The molecule has 3 N–H and O–H groups in total. The molecule has 6 aromatic rings. The molecule has 2 heteroatoms. The minimum absolute atomic E-state index is 0.0872. The molecule has 0 aliphatic heterocycles. The van der Waals surface area contributed by atoms with Crippen molar-refractivity contribution in [2.45, 2.75) is 0 Å². The molecule has 0 amide bonds. The average molecular weight is 396 g/mol. The van der Waals surface area contributed by atoms with Crippen LogP contribution >= 0.6 is 0 Å². The van der Waals surface area contributed by atoms with Crippen molar-refractivity contribution in [1.29, 1.82) is 5.41 Å². The second-order valence-corrected chi connectivity index (χ2v) is 7.97. The van der Waals surface area contributed by atoms with E-state index in [1.54, 1.807) is 0 Å². The Labute approximate surface area is 180 Å². The van der Waals surface area contributed by atoms with Crippen molar-refractivity contribution in [3.05, 3.63) is 109 Å². The van der Waals surface area contributed by atoms with E-state index in [-0.39, 0.29) is 5.84 Å². The Kier molecular flexibility index (Phi) is 3.81. The lowest BCUT2D eigenvalue weighted by atomic mass is 9.89. The van der Waals surface area contributed by atoms with Gasteiger partial charge in [0.05, 0.1) is 0 Å². The average Bonchev–Trinajstić information content (AvgIpc) is 2.83. The normalized spacial score (nSPS) is 11.5. The summed E-state index contributed by atoms with van der Waals surface area (Å²) >= 11 is 0. The second kappa shape index (κ2) is 6.68. The number of amidine groups is 1. The van der Waals surface area contributed by atoms with E-state index in [4.69, 9.17) is 11.1 Å². The first-order valence-electron chi connectivity index (χ1n) is 10.4. The van der Waals surface area contributed by atoms with E-state index in [0.29, 0.717) is 0 Å². The van der Waals surface area contributed by atoms with Crippen molar-refractivity contribution in [3.8, 4) is 11.1 Å². The topological polar surface area (TPSA) is 49.9 Å². The van der Waals surface area contributed by atoms with Crippen LogP contribution in [0.5, 0.6) is 0 Å². The molecule has 0 saturated carbocycles. The summed E-state index contributed by atoms with van der Waals surface area (Å²) in [6.45, 7) is 0. The lowest BCUT2D eigenvalue weighted by Gasteiger charge is -2.15. The van der Waals surface area contributed by atoms with Crippen LogP contribution in [-0.2, 0) is 0 Å². The highest BCUT2D eigenvalue weighted by atomic mass is 14.7. The van der Waals surface area contributed by atoms with Crippen molar-refractivity contribution >= 4 is 48.9 Å². The Hall–Kier alpha value is -4.17. The molecular weight excluding hydrogens is 376 g/mol. The lowest BCUT2D eigenvalue weighted by Crippen LogP contribution is -2.12. The molecule has 0 saturated heterocycles. The molecule has 0 bridgehead atoms. The van der Waals surface area contributed by atoms with E-state index in [2.05, 4.69) is 78.9 Å². The maximum Gasteiger partial charge on any atom is 0.123 e. The third kappa shape index (κ3) is 2.62. The van der Waals surface area contributed by atoms with E-state index >= 15 is 0 Å². The molecule has 0 radical (unpaired) electrons. The summed E-state index contributed by atoms with van der Waals surface area (Å²) in [6.07, 6.45) is 0. The van der Waals surface area contributed by atoms with E-state index in [0.717, 1.165) is 27.5 Å². The van der Waals surface area contributed by atoms with Gasteiger partial charge in [0.2, 0.25) is 0 Å². The van der Waals surface area contributed by atoms with Gasteiger partial charge in [-0.1, -0.05) is 97.1 Å². The highest BCUT2D eigenvalue weighted by Crippen LogP contribution is 2.39. The van der Waals surface area contributed by atoms with Crippen LogP contribution in [0.15, 0.2) is 103 Å². The number of nitrogens with one attached hydrogen (secondary N) is 1. The van der Waals surface area contributed by atoms with Crippen molar-refractivity contribution in [2.75, 3.05) is 0 Å². The van der Waals surface area contributed by atoms with Gasteiger partial charge in [0.1, 0.15) is 5.84 Å². The predicted octanol–water partition coefficient (Wildman–Crippen LogP) is 7.25. The number of hydrogen-bond donors (Lipinski definition) is 2. The molecule has 0 fully saturated rings. The number of benzene rings is 6. The van der Waals surface area contributed by atoms with Crippen LogP contribution in [0.3, 0.4) is 0 Å². The number of nitrogens with two attached hydrogens (primary N) is 1. The number of rotatable bonds is 2. The summed E-state index contributed by atoms with van der Waals surface area (Å²) in [7, 11) is 0. The Morgan fingerprint density at radius 1 is 0.516 bits per heavy atom. The van der Waals surface area contributed by atoms with Crippen molar-refractivity contribution in [3.63, 3.8) is 0 Å². The van der Waals surface area contributed by atoms with Crippen LogP contribution in [0.4, 0.5) is 0 Å². The van der Waals surface area contributed by atoms with Crippen LogP contribution in [0.1, 0.15) is 5.56 Å². The molecule has 0 aliphatic carbocycles. The zero-order valence-corrected chi connectivity index (χ0v) is 16.9. The van der Waals surface area contributed by atoms with Gasteiger partial charge in [0, 0.05) is 11.1 Å². The Bertz CT molecular complexity index is 1630. The van der Waals surface area contributed by atoms with E-state index < -0.39 is 0 Å². The van der Waals surface area contributed by atoms with Gasteiger partial charge in [-0.3, -0.25) is 5.41 Å². The van der Waals surface area contributed by atoms with E-state index in [1.807, 2.05) is 24.3 Å². The first-order chi connectivity index (χ1) is 15.2. The van der Waals surface area contributed by atoms with Crippen LogP contribution < -0.4 is 5.73 Å². The van der Waals surface area contributed by atoms with Crippen molar-refractivity contribution < 1.29 is 0 Å². The third-order valence-corrected chi connectivity index (χ3v) is 6.25. The summed E-state index contributed by atoms with van der Waals surface area (Å²) in [5.74, 6) is 0.0872. The summed E-state index contributed by atoms with van der Waals surface area (Å²) in [5, 5.41) is 17.9. The fourth-order valence-corrected chi connectivity index (χ4v) is 4.87. The van der Waals surface area contributed by atoms with Crippen molar-refractivity contribution in [2.24, 2.45) is 5.73 Å². The van der Waals surface area contributed by atoms with Gasteiger partial charge in [-0.05, 0) is 54.7 Å². The van der Waals surface area contributed by atoms with Gasteiger partial charge in [-0.2, -0.15) is 0 Å². The fourth-order valence-electron chi connectivity index (χ4n) is 4.87. The van der Waals surface area contributed by atoms with Crippen LogP contribution in [0, 0.1) is 5.41 Å². The van der Waals surface area contributed by atoms with E-state index in [9.17, 15) is 0 Å². The number of nitrogen functional groups attached to an aromatic ring is 1. The molecule has 0 atom stereocenters. The molecule has 146 valence electrons. The number of fused-ring (bicyclic) bond motifs is 7. The molecular formula is C29H20N2.